The third-order valence-corrected chi connectivity index (χ3v) is 4.65. The van der Waals surface area contributed by atoms with E-state index in [1.165, 1.54) is 7.11 Å². The zero-order valence-corrected chi connectivity index (χ0v) is 21.6. The lowest BCUT2D eigenvalue weighted by atomic mass is 10.2. The van der Waals surface area contributed by atoms with Crippen molar-refractivity contribution in [2.24, 2.45) is 0 Å². The monoisotopic (exact) mass is 514 g/mol. The first kappa shape index (κ1) is 31.3. The number of aliphatic carboxylic acids is 1. The summed E-state index contributed by atoms with van der Waals surface area (Å²) in [6.45, 7) is 3.88. The highest BCUT2D eigenvalue weighted by Crippen LogP contribution is 2.05. The molecule has 0 amide bonds. The van der Waals surface area contributed by atoms with Gasteiger partial charge < -0.3 is 14.6 Å². The second-order valence-corrected chi connectivity index (χ2v) is 7.62. The van der Waals surface area contributed by atoms with Gasteiger partial charge in [0.05, 0.1) is 12.7 Å². The molecule has 0 heterocycles. The number of esters is 2. The molecule has 0 aliphatic carbocycles. The van der Waals surface area contributed by atoms with Crippen LogP contribution >= 0.6 is 0 Å². The molecule has 3 aromatic rings. The third-order valence-electron chi connectivity index (χ3n) is 4.65. The molecule has 6 heteroatoms. The molecule has 1 N–H and O–H groups in total. The molecular weight excluding hydrogens is 480 g/mol. The first-order chi connectivity index (χ1) is 18.5. The quantitative estimate of drug-likeness (QED) is 0.180. The molecule has 3 rings (SSSR count). The van der Waals surface area contributed by atoms with Gasteiger partial charge in [0.25, 0.3) is 0 Å². The average molecular weight is 515 g/mol. The standard InChI is InChI=1S/C14H12O2.C9H8O2.C9H14O2/c15-14(13-9-5-2-6-10-13)16-11-12-7-3-1-4-8-12;10-9(11)7-6-8-4-2-1-3-5-8;1-3-4-5-6-7-8-9(10)11-2/h1-10H,11H2;1-7H,(H,10,11);3,5-6H,1,4,7-8H2,2H3/b;7-6-;6-5+. The van der Waals surface area contributed by atoms with Crippen molar-refractivity contribution in [3.8, 4) is 0 Å². The zero-order valence-electron chi connectivity index (χ0n) is 21.6. The molecule has 0 saturated heterocycles. The molecule has 0 radical (unpaired) electrons. The minimum atomic E-state index is -0.922. The maximum absolute atomic E-state index is 11.6. The molecule has 0 aromatic heterocycles. The first-order valence-electron chi connectivity index (χ1n) is 12.0. The van der Waals surface area contributed by atoms with Crippen LogP contribution in [-0.2, 0) is 25.7 Å². The molecule has 3 aromatic carbocycles. The molecule has 0 aliphatic rings. The van der Waals surface area contributed by atoms with Crippen LogP contribution in [0.1, 0.15) is 40.7 Å². The van der Waals surface area contributed by atoms with Gasteiger partial charge in [-0.25, -0.2) is 9.59 Å². The largest absolute Gasteiger partial charge is 0.478 e. The van der Waals surface area contributed by atoms with Crippen LogP contribution in [-0.4, -0.2) is 30.1 Å². The predicted molar refractivity (Wildman–Crippen MR) is 150 cm³/mol. The summed E-state index contributed by atoms with van der Waals surface area (Å²) in [7, 11) is 1.40. The van der Waals surface area contributed by atoms with Gasteiger partial charge in [-0.15, -0.1) is 6.58 Å². The highest BCUT2D eigenvalue weighted by Gasteiger charge is 2.05. The molecule has 0 fully saturated rings. The van der Waals surface area contributed by atoms with Crippen molar-refractivity contribution in [2.75, 3.05) is 7.11 Å². The van der Waals surface area contributed by atoms with Crippen molar-refractivity contribution in [3.63, 3.8) is 0 Å². The van der Waals surface area contributed by atoms with Gasteiger partial charge in [-0.2, -0.15) is 0 Å². The van der Waals surface area contributed by atoms with Gasteiger partial charge in [-0.05, 0) is 42.2 Å². The molecule has 6 nitrogen and oxygen atoms in total. The number of carboxylic acid groups (broad SMARTS) is 1. The normalized spacial score (nSPS) is 9.92. The molecule has 198 valence electrons. The smallest absolute Gasteiger partial charge is 0.338 e. The zero-order chi connectivity index (χ0) is 27.8. The Hall–Kier alpha value is -4.71. The minimum Gasteiger partial charge on any atom is -0.478 e. The number of carbonyl (C=O) groups excluding carboxylic acids is 2. The highest BCUT2D eigenvalue weighted by molar-refractivity contribution is 5.89. The molecule has 0 aliphatic heterocycles. The second kappa shape index (κ2) is 20.5. The molecule has 0 bridgehead atoms. The third kappa shape index (κ3) is 16.1. The Morgan fingerprint density at radius 2 is 1.42 bits per heavy atom. The molecule has 0 spiro atoms. The number of carbonyl (C=O) groups is 3. The number of carboxylic acids is 1. The number of ether oxygens (including phenoxy) is 2. The van der Waals surface area contributed by atoms with E-state index in [9.17, 15) is 14.4 Å². The second-order valence-electron chi connectivity index (χ2n) is 7.62. The highest BCUT2D eigenvalue weighted by atomic mass is 16.5. The van der Waals surface area contributed by atoms with Gasteiger partial charge in [0.1, 0.15) is 6.61 Å². The van der Waals surface area contributed by atoms with E-state index < -0.39 is 5.97 Å². The van der Waals surface area contributed by atoms with Gasteiger partial charge in [0.15, 0.2) is 0 Å². The van der Waals surface area contributed by atoms with Gasteiger partial charge in [-0.3, -0.25) is 4.79 Å². The number of allylic oxidation sites excluding steroid dienone is 3. The van der Waals surface area contributed by atoms with Gasteiger partial charge in [0, 0.05) is 12.5 Å². The fraction of sp³-hybridized carbons (Fsp3) is 0.156. The average Bonchev–Trinajstić information content (AvgIpc) is 2.97. The molecule has 0 unspecified atom stereocenters. The Morgan fingerprint density at radius 3 is 1.97 bits per heavy atom. The number of hydrogen-bond acceptors (Lipinski definition) is 5. The fourth-order valence-corrected chi connectivity index (χ4v) is 2.73. The number of rotatable bonds is 10. The maximum Gasteiger partial charge on any atom is 0.338 e. The van der Waals surface area contributed by atoms with E-state index in [-0.39, 0.29) is 11.9 Å². The topological polar surface area (TPSA) is 89.9 Å². The number of hydrogen-bond donors (Lipinski definition) is 1. The van der Waals surface area contributed by atoms with E-state index in [1.54, 1.807) is 18.2 Å². The van der Waals surface area contributed by atoms with Gasteiger partial charge in [0.2, 0.25) is 0 Å². The summed E-state index contributed by atoms with van der Waals surface area (Å²) < 4.78 is 9.64. The van der Waals surface area contributed by atoms with Crippen LogP contribution < -0.4 is 0 Å². The van der Waals surface area contributed by atoms with E-state index >= 15 is 0 Å². The summed E-state index contributed by atoms with van der Waals surface area (Å²) in [5.41, 5.74) is 2.47. The summed E-state index contributed by atoms with van der Waals surface area (Å²) >= 11 is 0. The van der Waals surface area contributed by atoms with Crippen molar-refractivity contribution < 1.29 is 29.0 Å². The van der Waals surface area contributed by atoms with E-state index in [0.29, 0.717) is 18.6 Å². The SMILES string of the molecule is C=CC/C=C/CCC(=O)OC.O=C(O)/C=C\c1ccccc1.O=C(OCc1ccccc1)c1ccccc1. The molecule has 0 atom stereocenters. The molecule has 0 saturated carbocycles. The Balaban J connectivity index is 0.000000295. The van der Waals surface area contributed by atoms with E-state index in [4.69, 9.17) is 9.84 Å². The fourth-order valence-electron chi connectivity index (χ4n) is 2.73. The summed E-state index contributed by atoms with van der Waals surface area (Å²) in [5, 5.41) is 8.29. The predicted octanol–water partition coefficient (Wildman–Crippen LogP) is 6.90. The molecule has 38 heavy (non-hydrogen) atoms. The van der Waals surface area contributed by atoms with Crippen molar-refractivity contribution >= 4 is 24.0 Å². The lowest BCUT2D eigenvalue weighted by Crippen LogP contribution is -2.04. The van der Waals surface area contributed by atoms with Crippen LogP contribution in [0.3, 0.4) is 0 Å². The Labute approximate surface area is 224 Å². The van der Waals surface area contributed by atoms with Crippen LogP contribution in [0.15, 0.2) is 122 Å². The minimum absolute atomic E-state index is 0.159. The van der Waals surface area contributed by atoms with Crippen molar-refractivity contribution in [3.05, 3.63) is 139 Å². The lowest BCUT2D eigenvalue weighted by molar-refractivity contribution is -0.140. The van der Waals surface area contributed by atoms with E-state index in [1.807, 2.05) is 97.1 Å². The van der Waals surface area contributed by atoms with Crippen LogP contribution in [0.4, 0.5) is 0 Å². The van der Waals surface area contributed by atoms with Crippen molar-refractivity contribution in [2.45, 2.75) is 25.9 Å². The van der Waals surface area contributed by atoms with Gasteiger partial charge in [-0.1, -0.05) is 97.1 Å². The first-order valence-corrected chi connectivity index (χ1v) is 12.0. The van der Waals surface area contributed by atoms with Crippen LogP contribution in [0.5, 0.6) is 0 Å². The Bertz CT molecular complexity index is 1140. The number of methoxy groups -OCH3 is 1. The Morgan fingerprint density at radius 1 is 0.842 bits per heavy atom. The van der Waals surface area contributed by atoms with Crippen molar-refractivity contribution in [1.29, 1.82) is 0 Å². The lowest BCUT2D eigenvalue weighted by Gasteiger charge is -2.04. The van der Waals surface area contributed by atoms with Crippen molar-refractivity contribution in [1.82, 2.24) is 0 Å². The Kier molecular flexibility index (Phi) is 16.9. The van der Waals surface area contributed by atoms with Crippen LogP contribution in [0.2, 0.25) is 0 Å². The van der Waals surface area contributed by atoms with Crippen LogP contribution in [0.25, 0.3) is 6.08 Å². The molecular formula is C32H34O6. The summed E-state index contributed by atoms with van der Waals surface area (Å²) in [6.07, 6.45) is 10.5. The maximum atomic E-state index is 11.6. The summed E-state index contributed by atoms with van der Waals surface area (Å²) in [4.78, 5) is 32.2. The summed E-state index contributed by atoms with van der Waals surface area (Å²) in [5.74, 6) is -1.37. The number of benzene rings is 3. The van der Waals surface area contributed by atoms with Gasteiger partial charge >= 0.3 is 17.9 Å². The van der Waals surface area contributed by atoms with E-state index in [2.05, 4.69) is 11.3 Å². The van der Waals surface area contributed by atoms with E-state index in [0.717, 1.165) is 30.0 Å². The van der Waals surface area contributed by atoms with Crippen LogP contribution in [0, 0.1) is 0 Å². The summed E-state index contributed by atoms with van der Waals surface area (Å²) in [6, 6.07) is 27.9.